The highest BCUT2D eigenvalue weighted by atomic mass is 16.6. The normalized spacial score (nSPS) is 17.7. The third-order valence-corrected chi connectivity index (χ3v) is 5.83. The van der Waals surface area contributed by atoms with E-state index in [1.807, 2.05) is 55.5 Å². The minimum Gasteiger partial charge on any atom is -0.486 e. The second-order valence-electron chi connectivity index (χ2n) is 7.98. The molecular formula is C26H23NO5. The molecule has 162 valence electrons. The summed E-state index contributed by atoms with van der Waals surface area (Å²) in [5.74, 6) is 0.837. The van der Waals surface area contributed by atoms with Gasteiger partial charge in [0.15, 0.2) is 11.5 Å². The predicted octanol–water partition coefficient (Wildman–Crippen LogP) is 4.40. The van der Waals surface area contributed by atoms with Crippen LogP contribution in [0.5, 0.6) is 11.5 Å². The molecule has 32 heavy (non-hydrogen) atoms. The fourth-order valence-electron chi connectivity index (χ4n) is 4.08. The van der Waals surface area contributed by atoms with Crippen LogP contribution in [-0.2, 0) is 11.2 Å². The van der Waals surface area contributed by atoms with Crippen molar-refractivity contribution in [1.82, 2.24) is 5.32 Å². The molecule has 0 saturated carbocycles. The maximum absolute atomic E-state index is 13.0. The van der Waals surface area contributed by atoms with Gasteiger partial charge in [0.05, 0.1) is 11.6 Å². The Morgan fingerprint density at radius 1 is 0.969 bits per heavy atom. The number of cyclic esters (lactones) is 1. The van der Waals surface area contributed by atoms with E-state index in [9.17, 15) is 9.59 Å². The van der Waals surface area contributed by atoms with E-state index in [0.717, 1.165) is 16.7 Å². The third-order valence-electron chi connectivity index (χ3n) is 5.83. The van der Waals surface area contributed by atoms with Gasteiger partial charge in [-0.25, -0.2) is 4.79 Å². The molecule has 0 bridgehead atoms. The number of esters is 1. The summed E-state index contributed by atoms with van der Waals surface area (Å²) in [6.45, 7) is 2.97. The molecule has 0 saturated heterocycles. The lowest BCUT2D eigenvalue weighted by molar-refractivity contribution is 0.0252. The van der Waals surface area contributed by atoms with Crippen molar-refractivity contribution in [3.8, 4) is 11.5 Å². The molecule has 5 rings (SSSR count). The largest absolute Gasteiger partial charge is 0.486 e. The Kier molecular flexibility index (Phi) is 5.27. The summed E-state index contributed by atoms with van der Waals surface area (Å²) in [6, 6.07) is 20.2. The van der Waals surface area contributed by atoms with Crippen LogP contribution in [0.25, 0.3) is 0 Å². The van der Waals surface area contributed by atoms with Gasteiger partial charge in [-0.1, -0.05) is 36.4 Å². The predicted molar refractivity (Wildman–Crippen MR) is 118 cm³/mol. The highest BCUT2D eigenvalue weighted by Crippen LogP contribution is 2.33. The second-order valence-corrected chi connectivity index (χ2v) is 7.98. The summed E-state index contributed by atoms with van der Waals surface area (Å²) < 4.78 is 16.8. The molecule has 0 aromatic heterocycles. The van der Waals surface area contributed by atoms with E-state index in [0.29, 0.717) is 42.3 Å². The molecule has 6 heteroatoms. The van der Waals surface area contributed by atoms with Gasteiger partial charge in [0.1, 0.15) is 19.3 Å². The average Bonchev–Trinajstić information content (AvgIpc) is 2.83. The van der Waals surface area contributed by atoms with Gasteiger partial charge in [0.2, 0.25) is 0 Å². The van der Waals surface area contributed by atoms with Crippen molar-refractivity contribution in [3.63, 3.8) is 0 Å². The van der Waals surface area contributed by atoms with Crippen LogP contribution in [0.4, 0.5) is 0 Å². The lowest BCUT2D eigenvalue weighted by Gasteiger charge is -2.25. The van der Waals surface area contributed by atoms with Crippen LogP contribution in [-0.4, -0.2) is 25.1 Å². The van der Waals surface area contributed by atoms with E-state index in [-0.39, 0.29) is 24.0 Å². The molecule has 0 unspecified atom stereocenters. The van der Waals surface area contributed by atoms with E-state index in [4.69, 9.17) is 14.2 Å². The van der Waals surface area contributed by atoms with Crippen LogP contribution < -0.4 is 14.8 Å². The molecule has 1 amide bonds. The minimum absolute atomic E-state index is 0.203. The number of rotatable bonds is 4. The molecule has 1 N–H and O–H groups in total. The molecule has 3 aromatic rings. The lowest BCUT2D eigenvalue weighted by atomic mass is 9.93. The van der Waals surface area contributed by atoms with Gasteiger partial charge < -0.3 is 19.5 Å². The van der Waals surface area contributed by atoms with Crippen molar-refractivity contribution in [2.24, 2.45) is 0 Å². The highest BCUT2D eigenvalue weighted by Gasteiger charge is 2.28. The van der Waals surface area contributed by atoms with Crippen molar-refractivity contribution in [2.45, 2.75) is 25.5 Å². The number of hydrogen-bond donors (Lipinski definition) is 1. The molecule has 6 nitrogen and oxygen atoms in total. The molecule has 2 aliphatic heterocycles. The Labute approximate surface area is 186 Å². The number of nitrogens with one attached hydrogen (secondary N) is 1. The van der Waals surface area contributed by atoms with Crippen molar-refractivity contribution >= 4 is 11.9 Å². The van der Waals surface area contributed by atoms with E-state index >= 15 is 0 Å². The van der Waals surface area contributed by atoms with Crippen molar-refractivity contribution in [1.29, 1.82) is 0 Å². The summed E-state index contributed by atoms with van der Waals surface area (Å²) in [5.41, 5.74) is 3.69. The first kappa shape index (κ1) is 20.1. The van der Waals surface area contributed by atoms with Crippen LogP contribution in [0.2, 0.25) is 0 Å². The monoisotopic (exact) mass is 429 g/mol. The van der Waals surface area contributed by atoms with Gasteiger partial charge in [-0.15, -0.1) is 0 Å². The maximum atomic E-state index is 13.0. The van der Waals surface area contributed by atoms with Gasteiger partial charge in [0.25, 0.3) is 5.91 Å². The van der Waals surface area contributed by atoms with Gasteiger partial charge in [-0.05, 0) is 53.9 Å². The first-order chi connectivity index (χ1) is 15.6. The van der Waals surface area contributed by atoms with Crippen LogP contribution in [0.15, 0.2) is 66.7 Å². The summed E-state index contributed by atoms with van der Waals surface area (Å²) >= 11 is 0. The number of hydrogen-bond acceptors (Lipinski definition) is 5. The number of ether oxygens (including phenoxy) is 3. The maximum Gasteiger partial charge on any atom is 0.339 e. The summed E-state index contributed by atoms with van der Waals surface area (Å²) in [7, 11) is 0. The summed E-state index contributed by atoms with van der Waals surface area (Å²) in [4.78, 5) is 25.4. The molecule has 0 fully saturated rings. The number of carbonyl (C=O) groups excluding carboxylic acids is 2. The Balaban J connectivity index is 1.33. The molecule has 2 aliphatic rings. The Hall–Kier alpha value is -3.80. The number of amides is 1. The van der Waals surface area contributed by atoms with Gasteiger partial charge >= 0.3 is 5.97 Å². The molecule has 0 spiro atoms. The van der Waals surface area contributed by atoms with Crippen LogP contribution in [0.1, 0.15) is 56.5 Å². The van der Waals surface area contributed by atoms with Crippen LogP contribution in [0, 0.1) is 0 Å². The molecule has 0 aliphatic carbocycles. The molecular weight excluding hydrogens is 406 g/mol. The van der Waals surface area contributed by atoms with E-state index in [1.165, 1.54) is 0 Å². The van der Waals surface area contributed by atoms with Crippen LogP contribution in [0.3, 0.4) is 0 Å². The quantitative estimate of drug-likeness (QED) is 0.622. The first-order valence-electron chi connectivity index (χ1n) is 10.7. The standard InChI is InChI=1S/C26H23NO5/c1-16(18-8-10-22-24(14-18)31-12-11-30-22)27-25(28)19-7-9-21-20(13-19)15-23(32-26(21)29)17-5-3-2-4-6-17/h2-10,13-14,16,23H,11-12,15H2,1H3,(H,27,28)/t16-,23+/m1/s1. The summed E-state index contributed by atoms with van der Waals surface area (Å²) in [5, 5.41) is 3.03. The Morgan fingerprint density at radius 3 is 2.56 bits per heavy atom. The Bertz CT molecular complexity index is 1170. The molecule has 2 heterocycles. The van der Waals surface area contributed by atoms with Crippen LogP contribution >= 0.6 is 0 Å². The lowest BCUT2D eigenvalue weighted by Crippen LogP contribution is -2.28. The zero-order chi connectivity index (χ0) is 22.1. The fraction of sp³-hybridized carbons (Fsp3) is 0.231. The number of carbonyl (C=O) groups is 2. The SMILES string of the molecule is C[C@@H](NC(=O)c1ccc2c(c1)C[C@@H](c1ccccc1)OC2=O)c1ccc2c(c1)OCCO2. The number of fused-ring (bicyclic) bond motifs is 2. The van der Waals surface area contributed by atoms with Gasteiger partial charge in [-0.2, -0.15) is 0 Å². The minimum atomic E-state index is -0.364. The van der Waals surface area contributed by atoms with Crippen molar-refractivity contribution < 1.29 is 23.8 Å². The zero-order valence-electron chi connectivity index (χ0n) is 17.7. The Morgan fingerprint density at radius 2 is 1.75 bits per heavy atom. The second kappa shape index (κ2) is 8.38. The third kappa shape index (κ3) is 3.91. The molecule has 2 atom stereocenters. The average molecular weight is 429 g/mol. The number of benzene rings is 3. The molecule has 0 radical (unpaired) electrons. The van der Waals surface area contributed by atoms with E-state index in [2.05, 4.69) is 5.32 Å². The topological polar surface area (TPSA) is 73.9 Å². The van der Waals surface area contributed by atoms with E-state index in [1.54, 1.807) is 18.2 Å². The van der Waals surface area contributed by atoms with Gasteiger partial charge in [0, 0.05) is 12.0 Å². The fourth-order valence-corrected chi connectivity index (χ4v) is 4.08. The van der Waals surface area contributed by atoms with Crippen molar-refractivity contribution in [2.75, 3.05) is 13.2 Å². The zero-order valence-corrected chi connectivity index (χ0v) is 17.7. The summed E-state index contributed by atoms with van der Waals surface area (Å²) in [6.07, 6.45) is 0.176. The van der Waals surface area contributed by atoms with Gasteiger partial charge in [-0.3, -0.25) is 4.79 Å². The molecule has 3 aromatic carbocycles. The highest BCUT2D eigenvalue weighted by molar-refractivity contribution is 5.98. The van der Waals surface area contributed by atoms with E-state index < -0.39 is 0 Å². The first-order valence-corrected chi connectivity index (χ1v) is 10.7. The smallest absolute Gasteiger partial charge is 0.339 e. The van der Waals surface area contributed by atoms with Crippen molar-refractivity contribution in [3.05, 3.63) is 94.5 Å².